The smallest absolute Gasteiger partial charge is 0.408 e. The fraction of sp³-hybridized carbons (Fsp3) is 0.357. The number of rotatable bonds is 2. The lowest BCUT2D eigenvalue weighted by Crippen LogP contribution is -2.32. The highest BCUT2D eigenvalue weighted by Gasteiger charge is 2.19. The number of benzene rings is 1. The highest BCUT2D eigenvalue weighted by molar-refractivity contribution is 9.10. The zero-order chi connectivity index (χ0) is 15.8. The molecule has 1 amide bonds. The SMILES string of the molecule is CC(C)(C)OC(=O)NCc1oc2c(Cl)cc(Br)cc2c1O. The van der Waals surface area contributed by atoms with Gasteiger partial charge >= 0.3 is 6.09 Å². The predicted molar refractivity (Wildman–Crippen MR) is 83.7 cm³/mol. The molecule has 0 spiro atoms. The van der Waals surface area contributed by atoms with Crippen LogP contribution in [0.4, 0.5) is 4.79 Å². The number of aromatic hydroxyl groups is 1. The summed E-state index contributed by atoms with van der Waals surface area (Å²) in [4.78, 5) is 11.6. The van der Waals surface area contributed by atoms with Gasteiger partial charge in [-0.05, 0) is 32.9 Å². The van der Waals surface area contributed by atoms with E-state index in [0.717, 1.165) is 4.47 Å². The molecule has 0 fully saturated rings. The van der Waals surface area contributed by atoms with Crippen molar-refractivity contribution in [3.05, 3.63) is 27.4 Å². The maximum atomic E-state index is 11.6. The van der Waals surface area contributed by atoms with Crippen LogP contribution in [-0.2, 0) is 11.3 Å². The van der Waals surface area contributed by atoms with Crippen LogP contribution >= 0.6 is 27.5 Å². The second-order valence-electron chi connectivity index (χ2n) is 5.49. The average molecular weight is 377 g/mol. The van der Waals surface area contributed by atoms with Gasteiger partial charge in [0.15, 0.2) is 17.1 Å². The minimum absolute atomic E-state index is 0.00335. The first-order valence-corrected chi connectivity index (χ1v) is 7.40. The van der Waals surface area contributed by atoms with Crippen LogP contribution in [0.25, 0.3) is 11.0 Å². The average Bonchev–Trinajstić information content (AvgIpc) is 2.63. The van der Waals surface area contributed by atoms with Crippen LogP contribution in [-0.4, -0.2) is 16.8 Å². The molecule has 0 radical (unpaired) electrons. The van der Waals surface area contributed by atoms with E-state index in [1.54, 1.807) is 32.9 Å². The molecule has 21 heavy (non-hydrogen) atoms. The Labute approximate surface area is 135 Å². The minimum atomic E-state index is -0.589. The Balaban J connectivity index is 2.18. The quantitative estimate of drug-likeness (QED) is 0.805. The van der Waals surface area contributed by atoms with Crippen LogP contribution in [0.2, 0.25) is 5.02 Å². The second-order valence-corrected chi connectivity index (χ2v) is 6.82. The topological polar surface area (TPSA) is 71.7 Å². The normalized spacial score (nSPS) is 11.7. The van der Waals surface area contributed by atoms with Crippen molar-refractivity contribution in [1.29, 1.82) is 0 Å². The number of hydrogen-bond acceptors (Lipinski definition) is 4. The molecule has 0 aliphatic rings. The van der Waals surface area contributed by atoms with E-state index in [9.17, 15) is 9.90 Å². The molecule has 114 valence electrons. The van der Waals surface area contributed by atoms with E-state index < -0.39 is 11.7 Å². The van der Waals surface area contributed by atoms with Crippen molar-refractivity contribution < 1.29 is 19.1 Å². The third-order valence-corrected chi connectivity index (χ3v) is 3.28. The van der Waals surface area contributed by atoms with Crippen LogP contribution in [0.1, 0.15) is 26.5 Å². The highest BCUT2D eigenvalue weighted by atomic mass is 79.9. The molecule has 0 saturated heterocycles. The number of amides is 1. The second kappa shape index (κ2) is 5.77. The Morgan fingerprint density at radius 2 is 2.14 bits per heavy atom. The summed E-state index contributed by atoms with van der Waals surface area (Å²) in [5, 5.41) is 13.5. The fourth-order valence-electron chi connectivity index (χ4n) is 1.75. The lowest BCUT2D eigenvalue weighted by atomic mass is 10.2. The Hall–Kier alpha value is -1.40. The summed E-state index contributed by atoms with van der Waals surface area (Å²) in [6.45, 7) is 5.30. The number of nitrogens with one attached hydrogen (secondary N) is 1. The Bertz CT molecular complexity index is 690. The Morgan fingerprint density at radius 3 is 2.76 bits per heavy atom. The summed E-state index contributed by atoms with van der Waals surface area (Å²) in [7, 11) is 0. The Morgan fingerprint density at radius 1 is 1.48 bits per heavy atom. The third kappa shape index (κ3) is 3.83. The molecule has 0 aliphatic heterocycles. The number of hydrogen-bond donors (Lipinski definition) is 2. The van der Waals surface area contributed by atoms with Crippen molar-refractivity contribution >= 4 is 44.6 Å². The van der Waals surface area contributed by atoms with Crippen molar-refractivity contribution in [1.82, 2.24) is 5.32 Å². The monoisotopic (exact) mass is 375 g/mol. The molecule has 0 atom stereocenters. The van der Waals surface area contributed by atoms with Crippen molar-refractivity contribution in [3.8, 4) is 5.75 Å². The van der Waals surface area contributed by atoms with Crippen molar-refractivity contribution in [2.24, 2.45) is 0 Å². The summed E-state index contributed by atoms with van der Waals surface area (Å²) >= 11 is 9.35. The number of carbonyl (C=O) groups excluding carboxylic acids is 1. The van der Waals surface area contributed by atoms with E-state index in [4.69, 9.17) is 20.8 Å². The van der Waals surface area contributed by atoms with E-state index >= 15 is 0 Å². The number of fused-ring (bicyclic) bond motifs is 1. The molecule has 0 aliphatic carbocycles. The molecule has 2 N–H and O–H groups in total. The summed E-state index contributed by atoms with van der Waals surface area (Å²) < 4.78 is 11.3. The van der Waals surface area contributed by atoms with Crippen LogP contribution in [0, 0.1) is 0 Å². The fourth-order valence-corrected chi connectivity index (χ4v) is 2.60. The molecule has 0 saturated carbocycles. The zero-order valence-corrected chi connectivity index (χ0v) is 14.1. The van der Waals surface area contributed by atoms with E-state index in [0.29, 0.717) is 16.0 Å². The maximum Gasteiger partial charge on any atom is 0.408 e. The van der Waals surface area contributed by atoms with Gasteiger partial charge in [0.05, 0.1) is 17.0 Å². The van der Waals surface area contributed by atoms with Gasteiger partial charge in [0, 0.05) is 4.47 Å². The molecule has 2 aromatic rings. The number of ether oxygens (including phenoxy) is 1. The lowest BCUT2D eigenvalue weighted by molar-refractivity contribution is 0.0520. The van der Waals surface area contributed by atoms with Crippen LogP contribution in [0.15, 0.2) is 21.0 Å². The summed E-state index contributed by atoms with van der Waals surface area (Å²) in [5.41, 5.74) is -0.216. The van der Waals surface area contributed by atoms with Gasteiger partial charge in [-0.2, -0.15) is 0 Å². The van der Waals surface area contributed by atoms with E-state index in [1.807, 2.05) is 0 Å². The molecular weight excluding hydrogens is 362 g/mol. The maximum absolute atomic E-state index is 11.6. The van der Waals surface area contributed by atoms with Crippen LogP contribution in [0.5, 0.6) is 5.75 Å². The van der Waals surface area contributed by atoms with Gasteiger partial charge in [0.1, 0.15) is 5.60 Å². The van der Waals surface area contributed by atoms with Crippen molar-refractivity contribution in [3.63, 3.8) is 0 Å². The highest BCUT2D eigenvalue weighted by Crippen LogP contribution is 2.38. The molecule has 1 aromatic carbocycles. The van der Waals surface area contributed by atoms with E-state index in [2.05, 4.69) is 21.2 Å². The summed E-state index contributed by atoms with van der Waals surface area (Å²) in [6.07, 6.45) is -0.588. The molecule has 0 unspecified atom stereocenters. The van der Waals surface area contributed by atoms with E-state index in [-0.39, 0.29) is 18.1 Å². The molecular formula is C14H15BrClNO4. The Kier molecular flexibility index (Phi) is 4.39. The lowest BCUT2D eigenvalue weighted by Gasteiger charge is -2.19. The van der Waals surface area contributed by atoms with Gasteiger partial charge in [-0.3, -0.25) is 0 Å². The van der Waals surface area contributed by atoms with Crippen LogP contribution in [0.3, 0.4) is 0 Å². The molecule has 7 heteroatoms. The number of furan rings is 1. The largest absolute Gasteiger partial charge is 0.504 e. The van der Waals surface area contributed by atoms with Gasteiger partial charge in [-0.1, -0.05) is 27.5 Å². The summed E-state index contributed by atoms with van der Waals surface area (Å²) in [6, 6.07) is 3.36. The van der Waals surface area contributed by atoms with Crippen LogP contribution < -0.4 is 5.32 Å². The molecule has 1 aromatic heterocycles. The van der Waals surface area contributed by atoms with Gasteiger partial charge in [0.2, 0.25) is 0 Å². The molecule has 0 bridgehead atoms. The first kappa shape index (κ1) is 16.0. The van der Waals surface area contributed by atoms with Crippen molar-refractivity contribution in [2.75, 3.05) is 0 Å². The van der Waals surface area contributed by atoms with Gasteiger partial charge in [-0.25, -0.2) is 4.79 Å². The minimum Gasteiger partial charge on any atom is -0.504 e. The van der Waals surface area contributed by atoms with Gasteiger partial charge in [0.25, 0.3) is 0 Å². The molecule has 1 heterocycles. The standard InChI is InChI=1S/C14H15BrClNO4/c1-14(2,3)21-13(19)17-6-10-11(18)8-4-7(15)5-9(16)12(8)20-10/h4-5,18H,6H2,1-3H3,(H,17,19). The van der Waals surface area contributed by atoms with Gasteiger partial charge < -0.3 is 19.6 Å². The first-order chi connectivity index (χ1) is 9.67. The van der Waals surface area contributed by atoms with E-state index in [1.165, 1.54) is 0 Å². The van der Waals surface area contributed by atoms with Crippen molar-refractivity contribution in [2.45, 2.75) is 32.9 Å². The number of halogens is 2. The zero-order valence-electron chi connectivity index (χ0n) is 11.8. The molecule has 5 nitrogen and oxygen atoms in total. The predicted octanol–water partition coefficient (Wildman–Crippen LogP) is 4.58. The molecule has 2 rings (SSSR count). The summed E-state index contributed by atoms with van der Waals surface area (Å²) in [5.74, 6) is 0.167. The number of carbonyl (C=O) groups is 1. The number of alkyl carbamates (subject to hydrolysis) is 1. The van der Waals surface area contributed by atoms with Gasteiger partial charge in [-0.15, -0.1) is 0 Å². The first-order valence-electron chi connectivity index (χ1n) is 6.23. The third-order valence-electron chi connectivity index (χ3n) is 2.55.